The highest BCUT2D eigenvalue weighted by Crippen LogP contribution is 2.21. The summed E-state index contributed by atoms with van der Waals surface area (Å²) in [5.41, 5.74) is 0.754. The van der Waals surface area contributed by atoms with E-state index in [1.54, 1.807) is 4.90 Å². The maximum absolute atomic E-state index is 12.2. The molecule has 0 unspecified atom stereocenters. The maximum Gasteiger partial charge on any atom is 0.409 e. The minimum Gasteiger partial charge on any atom is -0.494 e. The fourth-order valence-corrected chi connectivity index (χ4v) is 2.50. The number of benzene rings is 1. The molecule has 1 aromatic carbocycles. The summed E-state index contributed by atoms with van der Waals surface area (Å²) < 4.78 is 10.1. The van der Waals surface area contributed by atoms with Gasteiger partial charge in [-0.25, -0.2) is 4.79 Å². The molecule has 0 atom stereocenters. The van der Waals surface area contributed by atoms with Crippen molar-refractivity contribution in [1.82, 2.24) is 4.90 Å². The lowest BCUT2D eigenvalue weighted by Gasteiger charge is -2.30. The lowest BCUT2D eigenvalue weighted by atomic mass is 9.96. The largest absolute Gasteiger partial charge is 0.494 e. The molecule has 1 aliphatic heterocycles. The SMILES string of the molecule is CCOc1ccc(NC(=O)C2CCN(C(=O)OC)CC2)cc1. The van der Waals surface area contributed by atoms with E-state index in [1.807, 2.05) is 31.2 Å². The molecule has 1 aliphatic rings. The molecule has 6 nitrogen and oxygen atoms in total. The van der Waals surface area contributed by atoms with E-state index in [4.69, 9.17) is 4.74 Å². The molecule has 2 amide bonds. The number of carbonyl (C=O) groups excluding carboxylic acids is 2. The second-order valence-corrected chi connectivity index (χ2v) is 5.18. The first-order chi connectivity index (χ1) is 10.6. The summed E-state index contributed by atoms with van der Waals surface area (Å²) in [7, 11) is 1.37. The Kier molecular flexibility index (Phi) is 5.63. The van der Waals surface area contributed by atoms with E-state index in [9.17, 15) is 9.59 Å². The standard InChI is InChI=1S/C16H22N2O4/c1-3-22-14-6-4-13(5-7-14)17-15(19)12-8-10-18(11-9-12)16(20)21-2/h4-7,12H,3,8-11H2,1-2H3,(H,17,19). The van der Waals surface area contributed by atoms with Crippen molar-refractivity contribution in [3.8, 4) is 5.75 Å². The summed E-state index contributed by atoms with van der Waals surface area (Å²) in [5, 5.41) is 2.91. The Morgan fingerprint density at radius 3 is 2.41 bits per heavy atom. The van der Waals surface area contributed by atoms with Crippen molar-refractivity contribution in [2.24, 2.45) is 5.92 Å². The van der Waals surface area contributed by atoms with E-state index < -0.39 is 0 Å². The summed E-state index contributed by atoms with van der Waals surface area (Å²) in [5.74, 6) is 0.702. The Balaban J connectivity index is 1.84. The summed E-state index contributed by atoms with van der Waals surface area (Å²) in [6.45, 7) is 3.64. The molecule has 0 bridgehead atoms. The highest BCUT2D eigenvalue weighted by molar-refractivity contribution is 5.92. The first-order valence-corrected chi connectivity index (χ1v) is 7.50. The van der Waals surface area contributed by atoms with Crippen LogP contribution >= 0.6 is 0 Å². The molecule has 1 saturated heterocycles. The van der Waals surface area contributed by atoms with Gasteiger partial charge in [-0.3, -0.25) is 4.79 Å². The number of carbonyl (C=O) groups is 2. The zero-order valence-electron chi connectivity index (χ0n) is 13.0. The number of nitrogens with zero attached hydrogens (tertiary/aromatic N) is 1. The monoisotopic (exact) mass is 306 g/mol. The summed E-state index contributed by atoms with van der Waals surface area (Å²) in [6, 6.07) is 7.32. The van der Waals surface area contributed by atoms with Crippen LogP contribution in [0, 0.1) is 5.92 Å². The Morgan fingerprint density at radius 2 is 1.86 bits per heavy atom. The normalized spacial score (nSPS) is 15.3. The van der Waals surface area contributed by atoms with Gasteiger partial charge >= 0.3 is 6.09 Å². The van der Waals surface area contributed by atoms with E-state index in [0.29, 0.717) is 32.5 Å². The lowest BCUT2D eigenvalue weighted by molar-refractivity contribution is -0.121. The topological polar surface area (TPSA) is 67.9 Å². The van der Waals surface area contributed by atoms with Crippen molar-refractivity contribution >= 4 is 17.7 Å². The third kappa shape index (κ3) is 4.13. The number of anilines is 1. The molecular weight excluding hydrogens is 284 g/mol. The zero-order chi connectivity index (χ0) is 15.9. The van der Waals surface area contributed by atoms with Crippen molar-refractivity contribution < 1.29 is 19.1 Å². The smallest absolute Gasteiger partial charge is 0.409 e. The molecule has 6 heteroatoms. The van der Waals surface area contributed by atoms with E-state index in [1.165, 1.54) is 7.11 Å². The van der Waals surface area contributed by atoms with Crippen molar-refractivity contribution in [3.63, 3.8) is 0 Å². The Labute approximate surface area is 130 Å². The molecule has 1 heterocycles. The summed E-state index contributed by atoms with van der Waals surface area (Å²) in [6.07, 6.45) is 0.973. The molecule has 1 aromatic rings. The van der Waals surface area contributed by atoms with E-state index in [-0.39, 0.29) is 17.9 Å². The average molecular weight is 306 g/mol. The number of hydrogen-bond acceptors (Lipinski definition) is 4. The van der Waals surface area contributed by atoms with Gasteiger partial charge in [-0.15, -0.1) is 0 Å². The van der Waals surface area contributed by atoms with Crippen molar-refractivity contribution in [2.45, 2.75) is 19.8 Å². The minimum atomic E-state index is -0.328. The van der Waals surface area contributed by atoms with Gasteiger partial charge in [0.25, 0.3) is 0 Å². The summed E-state index contributed by atoms with van der Waals surface area (Å²) >= 11 is 0. The van der Waals surface area contributed by atoms with Crippen LogP contribution in [0.3, 0.4) is 0 Å². The van der Waals surface area contributed by atoms with Gasteiger partial charge in [0, 0.05) is 24.7 Å². The first kappa shape index (κ1) is 16.1. The van der Waals surface area contributed by atoms with Gasteiger partial charge in [0.2, 0.25) is 5.91 Å². The van der Waals surface area contributed by atoms with Crippen LogP contribution in [0.15, 0.2) is 24.3 Å². The fraction of sp³-hybridized carbons (Fsp3) is 0.500. The van der Waals surface area contributed by atoms with Crippen molar-refractivity contribution in [1.29, 1.82) is 0 Å². The number of piperidine rings is 1. The molecular formula is C16H22N2O4. The number of nitrogens with one attached hydrogen (secondary N) is 1. The van der Waals surface area contributed by atoms with E-state index in [0.717, 1.165) is 11.4 Å². The third-order valence-electron chi connectivity index (χ3n) is 3.73. The Hall–Kier alpha value is -2.24. The number of likely N-dealkylation sites (tertiary alicyclic amines) is 1. The van der Waals surface area contributed by atoms with E-state index in [2.05, 4.69) is 10.1 Å². The van der Waals surface area contributed by atoms with Gasteiger partial charge in [0.1, 0.15) is 5.75 Å². The Bertz CT molecular complexity index is 507. The predicted octanol–water partition coefficient (Wildman–Crippen LogP) is 2.50. The van der Waals surface area contributed by atoms with Crippen LogP contribution in [0.2, 0.25) is 0 Å². The van der Waals surface area contributed by atoms with Crippen LogP contribution in [0.5, 0.6) is 5.75 Å². The van der Waals surface area contributed by atoms with Gasteiger partial charge in [-0.05, 0) is 44.0 Å². The number of methoxy groups -OCH3 is 1. The quantitative estimate of drug-likeness (QED) is 0.928. The predicted molar refractivity (Wildman–Crippen MR) is 82.9 cm³/mol. The summed E-state index contributed by atoms with van der Waals surface area (Å²) in [4.78, 5) is 25.3. The second-order valence-electron chi connectivity index (χ2n) is 5.18. The lowest BCUT2D eigenvalue weighted by Crippen LogP contribution is -2.41. The molecule has 0 aromatic heterocycles. The molecule has 22 heavy (non-hydrogen) atoms. The first-order valence-electron chi connectivity index (χ1n) is 7.50. The second kappa shape index (κ2) is 7.68. The third-order valence-corrected chi connectivity index (χ3v) is 3.73. The average Bonchev–Trinajstić information content (AvgIpc) is 2.56. The van der Waals surface area contributed by atoms with Crippen molar-refractivity contribution in [2.75, 3.05) is 32.1 Å². The molecule has 0 spiro atoms. The number of amides is 2. The van der Waals surface area contributed by atoms with Crippen LogP contribution in [0.25, 0.3) is 0 Å². The highest BCUT2D eigenvalue weighted by atomic mass is 16.5. The van der Waals surface area contributed by atoms with E-state index >= 15 is 0 Å². The van der Waals surface area contributed by atoms with Crippen LogP contribution < -0.4 is 10.1 Å². The van der Waals surface area contributed by atoms with Gasteiger partial charge in [-0.1, -0.05) is 0 Å². The molecule has 0 radical (unpaired) electrons. The number of ether oxygens (including phenoxy) is 2. The molecule has 0 aliphatic carbocycles. The van der Waals surface area contributed by atoms with Gasteiger partial charge in [-0.2, -0.15) is 0 Å². The molecule has 1 fully saturated rings. The molecule has 0 saturated carbocycles. The van der Waals surface area contributed by atoms with Gasteiger partial charge in [0.05, 0.1) is 13.7 Å². The van der Waals surface area contributed by atoms with Crippen LogP contribution in [0.4, 0.5) is 10.5 Å². The minimum absolute atomic E-state index is 0.00586. The van der Waals surface area contributed by atoms with Gasteiger partial charge < -0.3 is 19.7 Å². The van der Waals surface area contributed by atoms with Crippen LogP contribution in [0.1, 0.15) is 19.8 Å². The van der Waals surface area contributed by atoms with Gasteiger partial charge in [0.15, 0.2) is 0 Å². The number of hydrogen-bond donors (Lipinski definition) is 1. The zero-order valence-corrected chi connectivity index (χ0v) is 13.0. The van der Waals surface area contributed by atoms with Crippen LogP contribution in [-0.2, 0) is 9.53 Å². The van der Waals surface area contributed by atoms with Crippen LogP contribution in [-0.4, -0.2) is 43.7 Å². The fourth-order valence-electron chi connectivity index (χ4n) is 2.50. The molecule has 2 rings (SSSR count). The molecule has 1 N–H and O–H groups in total. The maximum atomic E-state index is 12.2. The Morgan fingerprint density at radius 1 is 1.23 bits per heavy atom. The van der Waals surface area contributed by atoms with Crippen molar-refractivity contribution in [3.05, 3.63) is 24.3 Å². The highest BCUT2D eigenvalue weighted by Gasteiger charge is 2.27. The number of rotatable bonds is 4. The molecule has 120 valence electrons.